The molecule has 3 rings (SSSR count). The molecule has 0 unspecified atom stereocenters. The molecule has 1 atom stereocenters. The molecule has 0 saturated heterocycles. The highest BCUT2D eigenvalue weighted by molar-refractivity contribution is 5.83. The third-order valence-corrected chi connectivity index (χ3v) is 3.92. The van der Waals surface area contributed by atoms with Crippen LogP contribution < -0.4 is 11.1 Å². The normalized spacial score (nSPS) is 12.1. The molecule has 124 valence electrons. The number of aromatic nitrogens is 4. The van der Waals surface area contributed by atoms with E-state index in [1.165, 1.54) is 0 Å². The van der Waals surface area contributed by atoms with Gasteiger partial charge in [-0.3, -0.25) is 9.89 Å². The Balaban J connectivity index is 1.67. The molecule has 0 spiro atoms. The molecule has 1 aromatic carbocycles. The lowest BCUT2D eigenvalue weighted by Crippen LogP contribution is -2.34. The maximum atomic E-state index is 12.3. The van der Waals surface area contributed by atoms with Gasteiger partial charge in [-0.1, -0.05) is 12.1 Å². The second-order valence-corrected chi connectivity index (χ2v) is 5.66. The van der Waals surface area contributed by atoms with Crippen LogP contribution in [0.4, 0.5) is 0 Å². The number of nitrogens with zero attached hydrogens (tertiary/aromatic N) is 3. The van der Waals surface area contributed by atoms with Crippen LogP contribution in [0.25, 0.3) is 5.69 Å². The summed E-state index contributed by atoms with van der Waals surface area (Å²) in [6.45, 7) is 4.09. The summed E-state index contributed by atoms with van der Waals surface area (Å²) in [5.74, 6) is -0.230. The minimum atomic E-state index is -0.738. The van der Waals surface area contributed by atoms with Gasteiger partial charge in [0.2, 0.25) is 5.91 Å². The van der Waals surface area contributed by atoms with Crippen molar-refractivity contribution in [3.8, 4) is 5.69 Å². The number of carbonyl (C=O) groups is 1. The van der Waals surface area contributed by atoms with Gasteiger partial charge in [-0.2, -0.15) is 10.2 Å². The molecule has 0 fully saturated rings. The average Bonchev–Trinajstić information content (AvgIpc) is 3.23. The van der Waals surface area contributed by atoms with Crippen molar-refractivity contribution >= 4 is 5.91 Å². The van der Waals surface area contributed by atoms with Gasteiger partial charge in [0, 0.05) is 30.2 Å². The summed E-state index contributed by atoms with van der Waals surface area (Å²) in [6, 6.07) is 8.95. The highest BCUT2D eigenvalue weighted by Crippen LogP contribution is 2.17. The Kier molecular flexibility index (Phi) is 4.43. The highest BCUT2D eigenvalue weighted by atomic mass is 16.2. The van der Waals surface area contributed by atoms with E-state index in [-0.39, 0.29) is 5.91 Å². The van der Waals surface area contributed by atoms with Crippen LogP contribution in [0.1, 0.15) is 28.6 Å². The second kappa shape index (κ2) is 6.67. The third-order valence-electron chi connectivity index (χ3n) is 3.92. The summed E-state index contributed by atoms with van der Waals surface area (Å²) in [5.41, 5.74) is 10.3. The number of aryl methyl sites for hydroxylation is 2. The minimum Gasteiger partial charge on any atom is -0.350 e. The maximum absolute atomic E-state index is 12.3. The van der Waals surface area contributed by atoms with Crippen molar-refractivity contribution in [1.82, 2.24) is 25.3 Å². The number of benzene rings is 1. The largest absolute Gasteiger partial charge is 0.350 e. The number of nitrogens with two attached hydrogens (primary N) is 1. The van der Waals surface area contributed by atoms with E-state index < -0.39 is 6.04 Å². The van der Waals surface area contributed by atoms with Gasteiger partial charge in [-0.05, 0) is 37.6 Å². The van der Waals surface area contributed by atoms with Crippen molar-refractivity contribution in [3.05, 3.63) is 65.2 Å². The Hall–Kier alpha value is -2.93. The van der Waals surface area contributed by atoms with E-state index in [1.54, 1.807) is 10.9 Å². The molecule has 0 aliphatic rings. The Bertz CT molecular complexity index is 817. The molecule has 24 heavy (non-hydrogen) atoms. The quantitative estimate of drug-likeness (QED) is 0.662. The minimum absolute atomic E-state index is 0.230. The molecule has 7 heteroatoms. The van der Waals surface area contributed by atoms with Gasteiger partial charge in [0.1, 0.15) is 6.04 Å². The molecule has 4 N–H and O–H groups in total. The Morgan fingerprint density at radius 3 is 2.88 bits per heavy atom. The van der Waals surface area contributed by atoms with E-state index >= 15 is 0 Å². The smallest absolute Gasteiger partial charge is 0.241 e. The van der Waals surface area contributed by atoms with Crippen LogP contribution in [-0.4, -0.2) is 25.9 Å². The van der Waals surface area contributed by atoms with Crippen molar-refractivity contribution < 1.29 is 4.79 Å². The lowest BCUT2D eigenvalue weighted by molar-refractivity contribution is -0.122. The predicted octanol–water partition coefficient (Wildman–Crippen LogP) is 1.53. The number of carbonyl (C=O) groups excluding carboxylic acids is 1. The van der Waals surface area contributed by atoms with E-state index in [9.17, 15) is 4.79 Å². The predicted molar refractivity (Wildman–Crippen MR) is 90.4 cm³/mol. The number of hydrogen-bond acceptors (Lipinski definition) is 4. The average molecular weight is 324 g/mol. The number of hydrogen-bond donors (Lipinski definition) is 3. The van der Waals surface area contributed by atoms with Crippen LogP contribution >= 0.6 is 0 Å². The third kappa shape index (κ3) is 3.21. The summed E-state index contributed by atoms with van der Waals surface area (Å²) in [6.07, 6.45) is 3.60. The molecule has 1 amide bonds. The number of aromatic amines is 1. The first-order chi connectivity index (χ1) is 11.6. The zero-order chi connectivity index (χ0) is 17.1. The zero-order valence-electron chi connectivity index (χ0n) is 13.7. The van der Waals surface area contributed by atoms with Gasteiger partial charge in [0.15, 0.2) is 0 Å². The van der Waals surface area contributed by atoms with Gasteiger partial charge in [0.25, 0.3) is 0 Å². The number of H-pyrrole nitrogens is 1. The standard InChI is InChI=1S/C17H20N6O/c1-11-15(12(2)22-21-11)16(18)17(24)19-10-13-5-3-6-14(9-13)23-8-4-7-20-23/h3-9,16H,10,18H2,1-2H3,(H,19,24)(H,21,22)/t16-/m1/s1. The van der Waals surface area contributed by atoms with Gasteiger partial charge < -0.3 is 11.1 Å². The molecule has 2 aromatic heterocycles. The number of amides is 1. The first-order valence-electron chi connectivity index (χ1n) is 7.70. The van der Waals surface area contributed by atoms with Crippen LogP contribution in [0.2, 0.25) is 0 Å². The van der Waals surface area contributed by atoms with Crippen LogP contribution in [0, 0.1) is 13.8 Å². The summed E-state index contributed by atoms with van der Waals surface area (Å²) < 4.78 is 1.77. The first-order valence-corrected chi connectivity index (χ1v) is 7.70. The Labute approximate surface area is 139 Å². The molecule has 0 aliphatic carbocycles. The van der Waals surface area contributed by atoms with Crippen molar-refractivity contribution in [2.24, 2.45) is 5.73 Å². The molecule has 0 saturated carbocycles. The maximum Gasteiger partial charge on any atom is 0.241 e. The summed E-state index contributed by atoms with van der Waals surface area (Å²) in [4.78, 5) is 12.3. The topological polar surface area (TPSA) is 102 Å². The monoisotopic (exact) mass is 324 g/mol. The molecule has 2 heterocycles. The summed E-state index contributed by atoms with van der Waals surface area (Å²) >= 11 is 0. The molecule has 0 aliphatic heterocycles. The molecule has 0 bridgehead atoms. The van der Waals surface area contributed by atoms with Crippen LogP contribution in [-0.2, 0) is 11.3 Å². The van der Waals surface area contributed by atoms with Crippen LogP contribution in [0.5, 0.6) is 0 Å². The summed E-state index contributed by atoms with van der Waals surface area (Å²) in [5, 5.41) is 14.0. The van der Waals surface area contributed by atoms with Gasteiger partial charge in [-0.15, -0.1) is 0 Å². The van der Waals surface area contributed by atoms with Crippen molar-refractivity contribution in [1.29, 1.82) is 0 Å². The van der Waals surface area contributed by atoms with Gasteiger partial charge in [-0.25, -0.2) is 4.68 Å². The summed E-state index contributed by atoms with van der Waals surface area (Å²) in [7, 11) is 0. The van der Waals surface area contributed by atoms with E-state index in [0.29, 0.717) is 6.54 Å². The fraction of sp³-hybridized carbons (Fsp3) is 0.235. The van der Waals surface area contributed by atoms with E-state index in [4.69, 9.17) is 5.73 Å². The molecular weight excluding hydrogens is 304 g/mol. The van der Waals surface area contributed by atoms with Crippen molar-refractivity contribution in [3.63, 3.8) is 0 Å². The SMILES string of the molecule is Cc1n[nH]c(C)c1[C@@H](N)C(=O)NCc1cccc(-n2cccn2)c1. The van der Waals surface area contributed by atoms with Crippen LogP contribution in [0.15, 0.2) is 42.7 Å². The lowest BCUT2D eigenvalue weighted by Gasteiger charge is -2.13. The number of nitrogens with one attached hydrogen (secondary N) is 2. The fourth-order valence-electron chi connectivity index (χ4n) is 2.68. The van der Waals surface area contributed by atoms with E-state index in [2.05, 4.69) is 20.6 Å². The molecule has 7 nitrogen and oxygen atoms in total. The zero-order valence-corrected chi connectivity index (χ0v) is 13.7. The van der Waals surface area contributed by atoms with E-state index in [0.717, 1.165) is 28.2 Å². The van der Waals surface area contributed by atoms with Crippen LogP contribution in [0.3, 0.4) is 0 Å². The van der Waals surface area contributed by atoms with Crippen molar-refractivity contribution in [2.45, 2.75) is 26.4 Å². The highest BCUT2D eigenvalue weighted by Gasteiger charge is 2.21. The molecular formula is C17H20N6O. The number of rotatable bonds is 5. The molecule has 0 radical (unpaired) electrons. The first kappa shape index (κ1) is 15.9. The van der Waals surface area contributed by atoms with Gasteiger partial charge in [0.05, 0.1) is 11.4 Å². The molecule has 3 aromatic rings. The van der Waals surface area contributed by atoms with E-state index in [1.807, 2.05) is 50.4 Å². The fourth-order valence-corrected chi connectivity index (χ4v) is 2.68. The second-order valence-electron chi connectivity index (χ2n) is 5.66. The Morgan fingerprint density at radius 2 is 2.21 bits per heavy atom. The lowest BCUT2D eigenvalue weighted by atomic mass is 10.1. The van der Waals surface area contributed by atoms with Gasteiger partial charge >= 0.3 is 0 Å². The van der Waals surface area contributed by atoms with Crippen molar-refractivity contribution in [2.75, 3.05) is 0 Å². The Morgan fingerprint density at radius 1 is 1.38 bits per heavy atom.